The quantitative estimate of drug-likeness (QED) is 0.580. The molecule has 0 heterocycles. The van der Waals surface area contributed by atoms with Gasteiger partial charge < -0.3 is 9.84 Å². The van der Waals surface area contributed by atoms with Gasteiger partial charge in [-0.15, -0.1) is 0 Å². The summed E-state index contributed by atoms with van der Waals surface area (Å²) in [6, 6.07) is 16.6. The van der Waals surface area contributed by atoms with Gasteiger partial charge in [0.05, 0.1) is 23.3 Å². The van der Waals surface area contributed by atoms with Crippen LogP contribution in [0.15, 0.2) is 70.0 Å². The van der Waals surface area contributed by atoms with Crippen molar-refractivity contribution in [1.82, 2.24) is 0 Å². The summed E-state index contributed by atoms with van der Waals surface area (Å²) in [6.07, 6.45) is 0. The molecule has 0 saturated carbocycles. The Morgan fingerprint density at radius 2 is 1.67 bits per heavy atom. The standard InChI is InChI=1S/C20H18BrNO4S/c1-13-7-9-14(10-8-13)27(24,25)22-20-16(21)11-12-18(26-2)19(20)15-5-3-4-6-17(15)23/h3-12,22-23H,1-2H3. The Morgan fingerprint density at radius 3 is 2.30 bits per heavy atom. The SMILES string of the molecule is COc1ccc(Br)c(NS(=O)(=O)c2ccc(C)cc2)c1-c1ccccc1O. The van der Waals surface area contributed by atoms with Crippen LogP contribution >= 0.6 is 15.9 Å². The van der Waals surface area contributed by atoms with Crippen LogP contribution in [0.25, 0.3) is 11.1 Å². The van der Waals surface area contributed by atoms with Crippen LogP contribution in [0.2, 0.25) is 0 Å². The first-order chi connectivity index (χ1) is 12.8. The highest BCUT2D eigenvalue weighted by atomic mass is 79.9. The van der Waals surface area contributed by atoms with Crippen LogP contribution in [0.3, 0.4) is 0 Å². The molecule has 0 amide bonds. The van der Waals surface area contributed by atoms with Crippen molar-refractivity contribution in [2.24, 2.45) is 0 Å². The van der Waals surface area contributed by atoms with E-state index in [-0.39, 0.29) is 16.3 Å². The lowest BCUT2D eigenvalue weighted by Crippen LogP contribution is -2.14. The van der Waals surface area contributed by atoms with E-state index in [1.54, 1.807) is 54.6 Å². The number of methoxy groups -OCH3 is 1. The van der Waals surface area contributed by atoms with E-state index < -0.39 is 10.0 Å². The highest BCUT2D eigenvalue weighted by Crippen LogP contribution is 2.45. The molecule has 0 unspecified atom stereocenters. The van der Waals surface area contributed by atoms with Gasteiger partial charge in [0.2, 0.25) is 0 Å². The van der Waals surface area contributed by atoms with E-state index in [1.165, 1.54) is 13.2 Å². The minimum absolute atomic E-state index is 0.0182. The van der Waals surface area contributed by atoms with Crippen molar-refractivity contribution in [3.05, 3.63) is 70.7 Å². The van der Waals surface area contributed by atoms with Crippen LogP contribution < -0.4 is 9.46 Å². The third-order valence-electron chi connectivity index (χ3n) is 4.08. The van der Waals surface area contributed by atoms with Gasteiger partial charge in [-0.05, 0) is 53.2 Å². The highest BCUT2D eigenvalue weighted by Gasteiger charge is 2.22. The molecule has 3 aromatic rings. The molecule has 0 atom stereocenters. The molecule has 3 rings (SSSR count). The summed E-state index contributed by atoms with van der Waals surface area (Å²) in [5.41, 5.74) is 2.15. The Bertz CT molecular complexity index is 1080. The second kappa shape index (κ2) is 7.62. The number of hydrogen-bond acceptors (Lipinski definition) is 4. The molecule has 0 aliphatic rings. The van der Waals surface area contributed by atoms with Crippen LogP contribution in [0.5, 0.6) is 11.5 Å². The minimum Gasteiger partial charge on any atom is -0.507 e. The van der Waals surface area contributed by atoms with E-state index in [1.807, 2.05) is 6.92 Å². The lowest BCUT2D eigenvalue weighted by molar-refractivity contribution is 0.416. The summed E-state index contributed by atoms with van der Waals surface area (Å²) < 4.78 is 34.4. The Kier molecular flexibility index (Phi) is 5.43. The number of phenols is 1. The maximum atomic E-state index is 12.9. The summed E-state index contributed by atoms with van der Waals surface area (Å²) in [6.45, 7) is 1.89. The topological polar surface area (TPSA) is 75.6 Å². The summed E-state index contributed by atoms with van der Waals surface area (Å²) >= 11 is 3.41. The molecular formula is C20H18BrNO4S. The molecular weight excluding hydrogens is 430 g/mol. The van der Waals surface area contributed by atoms with Crippen LogP contribution in [0, 0.1) is 6.92 Å². The van der Waals surface area contributed by atoms with Gasteiger partial charge in [0.15, 0.2) is 0 Å². The molecule has 0 fully saturated rings. The van der Waals surface area contributed by atoms with Crippen molar-refractivity contribution in [3.63, 3.8) is 0 Å². The Hall–Kier alpha value is -2.51. The zero-order valence-corrected chi connectivity index (χ0v) is 17.1. The number of aromatic hydroxyl groups is 1. The van der Waals surface area contributed by atoms with Crippen molar-refractivity contribution in [3.8, 4) is 22.6 Å². The summed E-state index contributed by atoms with van der Waals surface area (Å²) in [4.78, 5) is 0.144. The lowest BCUT2D eigenvalue weighted by Gasteiger charge is -2.18. The van der Waals surface area contributed by atoms with Crippen molar-refractivity contribution in [1.29, 1.82) is 0 Å². The van der Waals surface area contributed by atoms with Crippen LogP contribution in [-0.2, 0) is 10.0 Å². The van der Waals surface area contributed by atoms with Gasteiger partial charge in [0.25, 0.3) is 10.0 Å². The van der Waals surface area contributed by atoms with Crippen molar-refractivity contribution in [2.45, 2.75) is 11.8 Å². The van der Waals surface area contributed by atoms with E-state index in [0.29, 0.717) is 21.3 Å². The van der Waals surface area contributed by atoms with Gasteiger partial charge in [-0.25, -0.2) is 8.42 Å². The number of halogens is 1. The molecule has 0 aliphatic carbocycles. The van der Waals surface area contributed by atoms with Crippen molar-refractivity contribution < 1.29 is 18.3 Å². The summed E-state index contributed by atoms with van der Waals surface area (Å²) in [5, 5.41) is 10.3. The van der Waals surface area contributed by atoms with E-state index in [9.17, 15) is 13.5 Å². The van der Waals surface area contributed by atoms with Gasteiger partial charge >= 0.3 is 0 Å². The number of nitrogens with one attached hydrogen (secondary N) is 1. The van der Waals surface area contributed by atoms with Crippen LogP contribution in [-0.4, -0.2) is 20.6 Å². The van der Waals surface area contributed by atoms with Crippen LogP contribution in [0.1, 0.15) is 5.56 Å². The zero-order valence-electron chi connectivity index (χ0n) is 14.7. The largest absolute Gasteiger partial charge is 0.507 e. The van der Waals surface area contributed by atoms with E-state index in [2.05, 4.69) is 20.7 Å². The number of phenolic OH excluding ortho intramolecular Hbond substituents is 1. The maximum Gasteiger partial charge on any atom is 0.261 e. The third-order valence-corrected chi connectivity index (χ3v) is 6.10. The fraction of sp³-hybridized carbons (Fsp3) is 0.100. The molecule has 5 nitrogen and oxygen atoms in total. The molecule has 0 saturated heterocycles. The summed E-state index contributed by atoms with van der Waals surface area (Å²) in [7, 11) is -2.35. The molecule has 0 aromatic heterocycles. The molecule has 0 spiro atoms. The third kappa shape index (κ3) is 3.94. The number of hydrogen-bond donors (Lipinski definition) is 2. The number of aryl methyl sites for hydroxylation is 1. The number of sulfonamides is 1. The second-order valence-electron chi connectivity index (χ2n) is 5.94. The molecule has 27 heavy (non-hydrogen) atoms. The molecule has 0 radical (unpaired) electrons. The zero-order chi connectivity index (χ0) is 19.6. The number of rotatable bonds is 5. The van der Waals surface area contributed by atoms with Gasteiger partial charge in [-0.1, -0.05) is 35.9 Å². The van der Waals surface area contributed by atoms with E-state index in [4.69, 9.17) is 4.74 Å². The number of anilines is 1. The minimum atomic E-state index is -3.84. The number of ether oxygens (including phenoxy) is 1. The lowest BCUT2D eigenvalue weighted by atomic mass is 10.0. The predicted octanol–water partition coefficient (Wildman–Crippen LogP) is 4.94. The molecule has 3 aromatic carbocycles. The fourth-order valence-corrected chi connectivity index (χ4v) is 4.34. The molecule has 140 valence electrons. The number of para-hydroxylation sites is 1. The first kappa shape index (κ1) is 19.3. The van der Waals surface area contributed by atoms with E-state index >= 15 is 0 Å². The fourth-order valence-electron chi connectivity index (χ4n) is 2.69. The molecule has 2 N–H and O–H groups in total. The average Bonchev–Trinajstić information content (AvgIpc) is 2.64. The van der Waals surface area contributed by atoms with Gasteiger partial charge in [0.1, 0.15) is 11.5 Å². The predicted molar refractivity (Wildman–Crippen MR) is 110 cm³/mol. The van der Waals surface area contributed by atoms with Crippen molar-refractivity contribution in [2.75, 3.05) is 11.8 Å². The summed E-state index contributed by atoms with van der Waals surface area (Å²) in [5.74, 6) is 0.450. The smallest absolute Gasteiger partial charge is 0.261 e. The first-order valence-corrected chi connectivity index (χ1v) is 10.4. The number of benzene rings is 3. The van der Waals surface area contributed by atoms with Crippen LogP contribution in [0.4, 0.5) is 5.69 Å². The Balaban J connectivity index is 2.18. The average molecular weight is 448 g/mol. The molecule has 7 heteroatoms. The normalized spacial score (nSPS) is 11.2. The monoisotopic (exact) mass is 447 g/mol. The van der Waals surface area contributed by atoms with Gasteiger partial charge in [-0.3, -0.25) is 4.72 Å². The van der Waals surface area contributed by atoms with Gasteiger partial charge in [-0.2, -0.15) is 0 Å². The molecule has 0 aliphatic heterocycles. The van der Waals surface area contributed by atoms with Crippen molar-refractivity contribution >= 4 is 31.6 Å². The van der Waals surface area contributed by atoms with Gasteiger partial charge in [0, 0.05) is 10.0 Å². The highest BCUT2D eigenvalue weighted by molar-refractivity contribution is 9.10. The Morgan fingerprint density at radius 1 is 1.00 bits per heavy atom. The second-order valence-corrected chi connectivity index (χ2v) is 8.47. The molecule has 0 bridgehead atoms. The maximum absolute atomic E-state index is 12.9. The Labute approximate surface area is 166 Å². The first-order valence-electron chi connectivity index (χ1n) is 8.08. The van der Waals surface area contributed by atoms with E-state index in [0.717, 1.165) is 5.56 Å².